The quantitative estimate of drug-likeness (QED) is 0.798. The molecule has 1 aromatic carbocycles. The summed E-state index contributed by atoms with van der Waals surface area (Å²) in [5, 5.41) is 0.598. The molecule has 1 amide bonds. The highest BCUT2D eigenvalue weighted by molar-refractivity contribution is 6.30. The number of piperidine rings is 2. The van der Waals surface area contributed by atoms with Crippen LogP contribution in [-0.2, 0) is 6.54 Å². The van der Waals surface area contributed by atoms with Crippen molar-refractivity contribution >= 4 is 17.5 Å². The van der Waals surface area contributed by atoms with E-state index >= 15 is 0 Å². The van der Waals surface area contributed by atoms with E-state index in [2.05, 4.69) is 14.9 Å². The van der Waals surface area contributed by atoms with Crippen LogP contribution in [0.25, 0.3) is 0 Å². The van der Waals surface area contributed by atoms with Crippen LogP contribution in [0.4, 0.5) is 0 Å². The van der Waals surface area contributed by atoms with Gasteiger partial charge in [0, 0.05) is 43.1 Å². The number of H-pyrrole nitrogens is 1. The Bertz CT molecular complexity index is 839. The van der Waals surface area contributed by atoms with Crippen LogP contribution in [0.15, 0.2) is 24.4 Å². The highest BCUT2D eigenvalue weighted by Crippen LogP contribution is 2.29. The number of rotatable bonds is 5. The lowest BCUT2D eigenvalue weighted by molar-refractivity contribution is 0.0701. The van der Waals surface area contributed by atoms with Gasteiger partial charge >= 0.3 is 0 Å². The molecular formula is C22H29ClN4O2. The van der Waals surface area contributed by atoms with Gasteiger partial charge in [0.25, 0.3) is 5.91 Å². The van der Waals surface area contributed by atoms with E-state index in [0.717, 1.165) is 69.9 Å². The van der Waals surface area contributed by atoms with E-state index in [1.54, 1.807) is 12.1 Å². The number of halogens is 1. The SMILES string of the molecule is Cc1cnc(CN2CCC(Oc3cc(Cl)ccc3C(=O)N3CCCCC3)CC2)[nH]1. The zero-order chi connectivity index (χ0) is 20.2. The van der Waals surface area contributed by atoms with Gasteiger partial charge in [-0.2, -0.15) is 0 Å². The summed E-state index contributed by atoms with van der Waals surface area (Å²) in [5.41, 5.74) is 1.72. The summed E-state index contributed by atoms with van der Waals surface area (Å²) in [5.74, 6) is 1.68. The van der Waals surface area contributed by atoms with Crippen molar-refractivity contribution in [3.8, 4) is 5.75 Å². The van der Waals surface area contributed by atoms with E-state index in [4.69, 9.17) is 16.3 Å². The van der Waals surface area contributed by atoms with Crippen LogP contribution in [0, 0.1) is 6.92 Å². The lowest BCUT2D eigenvalue weighted by Gasteiger charge is -2.32. The number of imidazole rings is 1. The first-order valence-electron chi connectivity index (χ1n) is 10.6. The normalized spacial score (nSPS) is 18.8. The zero-order valence-corrected chi connectivity index (χ0v) is 17.7. The fourth-order valence-corrected chi connectivity index (χ4v) is 4.32. The summed E-state index contributed by atoms with van der Waals surface area (Å²) < 4.78 is 6.30. The maximum absolute atomic E-state index is 13.0. The number of hydrogen-bond acceptors (Lipinski definition) is 4. The van der Waals surface area contributed by atoms with Crippen LogP contribution in [0.1, 0.15) is 54.0 Å². The number of nitrogens with zero attached hydrogens (tertiary/aromatic N) is 3. The van der Waals surface area contributed by atoms with Gasteiger partial charge in [0.15, 0.2) is 0 Å². The average molecular weight is 417 g/mol. The van der Waals surface area contributed by atoms with Crippen molar-refractivity contribution in [2.75, 3.05) is 26.2 Å². The van der Waals surface area contributed by atoms with Crippen molar-refractivity contribution < 1.29 is 9.53 Å². The van der Waals surface area contributed by atoms with Crippen molar-refractivity contribution in [3.05, 3.63) is 46.5 Å². The van der Waals surface area contributed by atoms with Crippen LogP contribution in [-0.4, -0.2) is 58.0 Å². The number of carbonyl (C=O) groups excluding carboxylic acids is 1. The number of aryl methyl sites for hydroxylation is 1. The Balaban J connectivity index is 1.38. The molecule has 0 radical (unpaired) electrons. The van der Waals surface area contributed by atoms with Crippen molar-refractivity contribution in [2.24, 2.45) is 0 Å². The molecule has 1 N–H and O–H groups in total. The summed E-state index contributed by atoms with van der Waals surface area (Å²) >= 11 is 6.22. The van der Waals surface area contributed by atoms with Gasteiger partial charge < -0.3 is 14.6 Å². The Kier molecular flexibility index (Phi) is 6.40. The maximum Gasteiger partial charge on any atom is 0.257 e. The van der Waals surface area contributed by atoms with Crippen LogP contribution < -0.4 is 4.74 Å². The molecule has 7 heteroatoms. The molecule has 2 fully saturated rings. The number of carbonyl (C=O) groups is 1. The monoisotopic (exact) mass is 416 g/mol. The van der Waals surface area contributed by atoms with E-state index in [1.807, 2.05) is 24.1 Å². The summed E-state index contributed by atoms with van der Waals surface area (Å²) in [7, 11) is 0. The second kappa shape index (κ2) is 9.18. The van der Waals surface area contributed by atoms with Gasteiger partial charge in [-0.05, 0) is 57.2 Å². The van der Waals surface area contributed by atoms with Gasteiger partial charge in [-0.1, -0.05) is 11.6 Å². The molecule has 2 aromatic rings. The molecule has 156 valence electrons. The first kappa shape index (κ1) is 20.2. The van der Waals surface area contributed by atoms with Gasteiger partial charge in [0.05, 0.1) is 12.1 Å². The summed E-state index contributed by atoms with van der Waals surface area (Å²) in [4.78, 5) is 25.0. The lowest BCUT2D eigenvalue weighted by Crippen LogP contribution is -2.39. The molecule has 0 spiro atoms. The Morgan fingerprint density at radius 2 is 1.97 bits per heavy atom. The molecule has 2 aliphatic heterocycles. The molecule has 0 bridgehead atoms. The zero-order valence-electron chi connectivity index (χ0n) is 17.0. The minimum Gasteiger partial charge on any atom is -0.489 e. The molecule has 6 nitrogen and oxygen atoms in total. The van der Waals surface area contributed by atoms with Gasteiger partial charge in [0.2, 0.25) is 0 Å². The summed E-state index contributed by atoms with van der Waals surface area (Å²) in [6, 6.07) is 5.37. The minimum atomic E-state index is 0.0574. The van der Waals surface area contributed by atoms with Gasteiger partial charge in [-0.3, -0.25) is 9.69 Å². The Morgan fingerprint density at radius 1 is 1.21 bits per heavy atom. The van der Waals surface area contributed by atoms with E-state index in [0.29, 0.717) is 16.3 Å². The average Bonchev–Trinajstić information content (AvgIpc) is 3.14. The van der Waals surface area contributed by atoms with E-state index in [-0.39, 0.29) is 12.0 Å². The molecular weight excluding hydrogens is 388 g/mol. The van der Waals surface area contributed by atoms with Gasteiger partial charge in [-0.15, -0.1) is 0 Å². The van der Waals surface area contributed by atoms with E-state index < -0.39 is 0 Å². The Hall–Kier alpha value is -2.05. The molecule has 0 unspecified atom stereocenters. The predicted molar refractivity (Wildman–Crippen MR) is 113 cm³/mol. The van der Waals surface area contributed by atoms with Crippen molar-refractivity contribution in [1.29, 1.82) is 0 Å². The molecule has 2 aliphatic rings. The van der Waals surface area contributed by atoms with E-state index in [9.17, 15) is 4.79 Å². The Morgan fingerprint density at radius 3 is 2.66 bits per heavy atom. The molecule has 0 atom stereocenters. The predicted octanol–water partition coefficient (Wildman–Crippen LogP) is 4.04. The van der Waals surface area contributed by atoms with Crippen molar-refractivity contribution in [3.63, 3.8) is 0 Å². The van der Waals surface area contributed by atoms with Crippen molar-refractivity contribution in [2.45, 2.75) is 51.7 Å². The van der Waals surface area contributed by atoms with E-state index in [1.165, 1.54) is 6.42 Å². The maximum atomic E-state index is 13.0. The number of nitrogens with one attached hydrogen (secondary N) is 1. The first-order chi connectivity index (χ1) is 14.1. The lowest BCUT2D eigenvalue weighted by atomic mass is 10.1. The molecule has 3 heterocycles. The molecule has 1 aromatic heterocycles. The molecule has 29 heavy (non-hydrogen) atoms. The topological polar surface area (TPSA) is 61.5 Å². The largest absolute Gasteiger partial charge is 0.489 e. The number of aromatic nitrogens is 2. The number of aromatic amines is 1. The van der Waals surface area contributed by atoms with Crippen LogP contribution in [0.3, 0.4) is 0 Å². The smallest absolute Gasteiger partial charge is 0.257 e. The number of amides is 1. The first-order valence-corrected chi connectivity index (χ1v) is 10.9. The van der Waals surface area contributed by atoms with Crippen LogP contribution in [0.2, 0.25) is 5.02 Å². The number of ether oxygens (including phenoxy) is 1. The molecule has 0 saturated carbocycles. The fourth-order valence-electron chi connectivity index (χ4n) is 4.16. The molecule has 0 aliphatic carbocycles. The summed E-state index contributed by atoms with van der Waals surface area (Å²) in [6.07, 6.45) is 7.14. The minimum absolute atomic E-state index is 0.0574. The highest BCUT2D eigenvalue weighted by atomic mass is 35.5. The standard InChI is InChI=1S/C22H29ClN4O2/c1-16-14-24-21(25-16)15-26-11-7-18(8-12-26)29-20-13-17(23)5-6-19(20)22(28)27-9-3-2-4-10-27/h5-6,13-14,18H,2-4,7-12,15H2,1H3,(H,24,25). The number of hydrogen-bond donors (Lipinski definition) is 1. The highest BCUT2D eigenvalue weighted by Gasteiger charge is 2.25. The number of likely N-dealkylation sites (tertiary alicyclic amines) is 2. The number of benzene rings is 1. The molecule has 2 saturated heterocycles. The second-order valence-corrected chi connectivity index (χ2v) is 8.54. The third-order valence-corrected chi connectivity index (χ3v) is 6.01. The third kappa shape index (κ3) is 5.11. The Labute approximate surface area is 177 Å². The van der Waals surface area contributed by atoms with Crippen LogP contribution in [0.5, 0.6) is 5.75 Å². The van der Waals surface area contributed by atoms with Gasteiger partial charge in [-0.25, -0.2) is 4.98 Å². The van der Waals surface area contributed by atoms with Gasteiger partial charge in [0.1, 0.15) is 17.7 Å². The van der Waals surface area contributed by atoms with Crippen LogP contribution >= 0.6 is 11.6 Å². The molecule has 4 rings (SSSR count). The third-order valence-electron chi connectivity index (χ3n) is 5.77. The summed E-state index contributed by atoms with van der Waals surface area (Å²) in [6.45, 7) is 6.39. The second-order valence-electron chi connectivity index (χ2n) is 8.10. The van der Waals surface area contributed by atoms with Crippen molar-refractivity contribution in [1.82, 2.24) is 19.8 Å². The fraction of sp³-hybridized carbons (Fsp3) is 0.545.